The van der Waals surface area contributed by atoms with Gasteiger partial charge in [0, 0.05) is 31.0 Å². The molecule has 7 nitrogen and oxygen atoms in total. The number of nitrogens with one attached hydrogen (secondary N) is 1. The smallest absolute Gasteiger partial charge is 0.178 e. The van der Waals surface area contributed by atoms with Gasteiger partial charge in [-0.25, -0.2) is 0 Å². The Kier molecular flexibility index (Phi) is 4.42. The monoisotopic (exact) mass is 368 g/mol. The molecule has 1 saturated heterocycles. The molecule has 0 aliphatic carbocycles. The summed E-state index contributed by atoms with van der Waals surface area (Å²) in [4.78, 5) is 2.31. The number of fused-ring (bicyclic) bond motifs is 1. The Morgan fingerprint density at radius 3 is 2.63 bits per heavy atom. The average Bonchev–Trinajstić information content (AvgIpc) is 3.18. The summed E-state index contributed by atoms with van der Waals surface area (Å²) in [5, 5.41) is 16.9. The molecule has 1 aliphatic heterocycles. The van der Waals surface area contributed by atoms with E-state index in [9.17, 15) is 0 Å². The second-order valence-electron chi connectivity index (χ2n) is 8.58. The highest BCUT2D eigenvalue weighted by Gasteiger charge is 2.29. The molecule has 0 radical (unpaired) electrons. The first-order valence-electron chi connectivity index (χ1n) is 9.59. The molecule has 0 spiro atoms. The van der Waals surface area contributed by atoms with Crippen molar-refractivity contribution >= 4 is 11.5 Å². The third-order valence-electron chi connectivity index (χ3n) is 5.10. The second-order valence-corrected chi connectivity index (χ2v) is 8.58. The van der Waals surface area contributed by atoms with E-state index in [1.54, 1.807) is 0 Å². The van der Waals surface area contributed by atoms with Crippen LogP contribution in [0.5, 0.6) is 0 Å². The molecule has 144 valence electrons. The van der Waals surface area contributed by atoms with Crippen molar-refractivity contribution in [3.8, 4) is 0 Å². The Hall–Kier alpha value is -2.41. The predicted octanol–water partition coefficient (Wildman–Crippen LogP) is 3.11. The van der Waals surface area contributed by atoms with Crippen LogP contribution in [0.4, 0.5) is 5.82 Å². The van der Waals surface area contributed by atoms with Crippen LogP contribution in [0.3, 0.4) is 0 Å². The summed E-state index contributed by atoms with van der Waals surface area (Å²) in [6.45, 7) is 13.5. The Morgan fingerprint density at radius 1 is 1.19 bits per heavy atom. The first-order chi connectivity index (χ1) is 12.8. The van der Waals surface area contributed by atoms with E-state index >= 15 is 0 Å². The maximum atomic E-state index is 5.69. The van der Waals surface area contributed by atoms with E-state index in [0.717, 1.165) is 48.4 Å². The Morgan fingerprint density at radius 2 is 1.96 bits per heavy atom. The number of aromatic nitrogens is 4. The molecular weight excluding hydrogens is 340 g/mol. The molecular formula is C20H28N6O. The number of anilines is 1. The maximum absolute atomic E-state index is 5.69. The lowest BCUT2D eigenvalue weighted by atomic mass is 9.96. The van der Waals surface area contributed by atoms with Gasteiger partial charge in [0.25, 0.3) is 0 Å². The minimum Gasteiger partial charge on any atom is -0.465 e. The van der Waals surface area contributed by atoms with Crippen LogP contribution >= 0.6 is 0 Å². The minimum atomic E-state index is -0.0905. The Balaban J connectivity index is 1.36. The van der Waals surface area contributed by atoms with E-state index in [0.29, 0.717) is 5.92 Å². The van der Waals surface area contributed by atoms with Gasteiger partial charge in [0.05, 0.1) is 6.04 Å². The fourth-order valence-electron chi connectivity index (χ4n) is 3.43. The minimum absolute atomic E-state index is 0.0905. The topological polar surface area (TPSA) is 71.5 Å². The lowest BCUT2D eigenvalue weighted by Gasteiger charge is -2.40. The van der Waals surface area contributed by atoms with Gasteiger partial charge in [-0.05, 0) is 38.1 Å². The van der Waals surface area contributed by atoms with E-state index in [2.05, 4.69) is 48.1 Å². The summed E-state index contributed by atoms with van der Waals surface area (Å²) in [6, 6.07) is 8.32. The molecule has 4 rings (SSSR count). The van der Waals surface area contributed by atoms with Crippen LogP contribution in [0.15, 0.2) is 28.7 Å². The van der Waals surface area contributed by atoms with Crippen LogP contribution in [0.1, 0.15) is 51.1 Å². The fraction of sp³-hybridized carbons (Fsp3) is 0.550. The van der Waals surface area contributed by atoms with Gasteiger partial charge in [0.15, 0.2) is 11.5 Å². The molecule has 4 heterocycles. The molecule has 0 bridgehead atoms. The number of furan rings is 1. The number of rotatable bonds is 5. The van der Waals surface area contributed by atoms with Gasteiger partial charge in [-0.15, -0.1) is 15.3 Å². The molecule has 1 unspecified atom stereocenters. The van der Waals surface area contributed by atoms with E-state index < -0.39 is 0 Å². The van der Waals surface area contributed by atoms with Crippen LogP contribution in [-0.4, -0.2) is 39.4 Å². The van der Waals surface area contributed by atoms with Crippen molar-refractivity contribution in [3.05, 3.63) is 41.6 Å². The van der Waals surface area contributed by atoms with Gasteiger partial charge in [-0.1, -0.05) is 20.8 Å². The number of hydrogen-bond acceptors (Lipinski definition) is 6. The lowest BCUT2D eigenvalue weighted by molar-refractivity contribution is 0.344. The Bertz CT molecular complexity index is 931. The van der Waals surface area contributed by atoms with Crippen LogP contribution in [0.2, 0.25) is 0 Å². The van der Waals surface area contributed by atoms with Gasteiger partial charge in [0.2, 0.25) is 0 Å². The summed E-state index contributed by atoms with van der Waals surface area (Å²) in [5.74, 6) is 4.44. The van der Waals surface area contributed by atoms with Crippen molar-refractivity contribution in [2.45, 2.75) is 46.1 Å². The molecule has 3 aromatic rings. The zero-order valence-electron chi connectivity index (χ0n) is 16.7. The highest BCUT2D eigenvalue weighted by Crippen LogP contribution is 2.25. The molecule has 7 heteroatoms. The Labute approximate surface area is 159 Å². The number of hydrogen-bond donors (Lipinski definition) is 1. The molecule has 27 heavy (non-hydrogen) atoms. The molecule has 0 aromatic carbocycles. The lowest BCUT2D eigenvalue weighted by Crippen LogP contribution is -2.51. The third kappa shape index (κ3) is 3.56. The summed E-state index contributed by atoms with van der Waals surface area (Å²) < 4.78 is 7.57. The van der Waals surface area contributed by atoms with E-state index in [1.807, 2.05) is 35.7 Å². The zero-order valence-corrected chi connectivity index (χ0v) is 16.7. The van der Waals surface area contributed by atoms with Crippen LogP contribution < -0.4 is 10.2 Å². The molecule has 1 atom stereocenters. The van der Waals surface area contributed by atoms with Crippen LogP contribution in [0.25, 0.3) is 5.65 Å². The maximum Gasteiger partial charge on any atom is 0.178 e. The first-order valence-corrected chi connectivity index (χ1v) is 9.59. The summed E-state index contributed by atoms with van der Waals surface area (Å²) in [6.07, 6.45) is 0. The second kappa shape index (κ2) is 6.64. The standard InChI is InChI=1S/C20H28N6O/c1-13-6-7-16(27-13)14(2)21-10-15-11-25(12-15)18-9-8-17-22-23-19(20(3,4)5)26(17)24-18/h6-9,14-15,21H,10-12H2,1-5H3. The van der Waals surface area contributed by atoms with Crippen LogP contribution in [0, 0.1) is 12.8 Å². The van der Waals surface area contributed by atoms with Crippen molar-refractivity contribution in [1.82, 2.24) is 25.1 Å². The van der Waals surface area contributed by atoms with Crippen LogP contribution in [-0.2, 0) is 5.41 Å². The van der Waals surface area contributed by atoms with Gasteiger partial charge in [0.1, 0.15) is 17.3 Å². The first kappa shape index (κ1) is 18.0. The van der Waals surface area contributed by atoms with E-state index in [4.69, 9.17) is 9.52 Å². The van der Waals surface area contributed by atoms with Gasteiger partial charge in [-0.3, -0.25) is 0 Å². The summed E-state index contributed by atoms with van der Waals surface area (Å²) in [5.41, 5.74) is 0.706. The molecule has 1 fully saturated rings. The molecule has 0 saturated carbocycles. The summed E-state index contributed by atoms with van der Waals surface area (Å²) >= 11 is 0. The zero-order chi connectivity index (χ0) is 19.2. The molecule has 1 aliphatic rings. The van der Waals surface area contributed by atoms with Crippen molar-refractivity contribution in [1.29, 1.82) is 0 Å². The highest BCUT2D eigenvalue weighted by molar-refractivity contribution is 5.47. The van der Waals surface area contributed by atoms with Crippen molar-refractivity contribution in [2.24, 2.45) is 5.92 Å². The van der Waals surface area contributed by atoms with E-state index in [1.165, 1.54) is 0 Å². The third-order valence-corrected chi connectivity index (χ3v) is 5.10. The molecule has 3 aromatic heterocycles. The summed E-state index contributed by atoms with van der Waals surface area (Å²) in [7, 11) is 0. The quantitative estimate of drug-likeness (QED) is 0.746. The molecule has 0 amide bonds. The SMILES string of the molecule is Cc1ccc(C(C)NCC2CN(c3ccc4nnc(C(C)(C)C)n4n3)C2)o1. The van der Waals surface area contributed by atoms with Gasteiger partial charge >= 0.3 is 0 Å². The van der Waals surface area contributed by atoms with Gasteiger partial charge in [-0.2, -0.15) is 4.52 Å². The fourth-order valence-corrected chi connectivity index (χ4v) is 3.43. The largest absolute Gasteiger partial charge is 0.465 e. The van der Waals surface area contributed by atoms with Gasteiger partial charge < -0.3 is 14.6 Å². The molecule has 1 N–H and O–H groups in total. The van der Waals surface area contributed by atoms with E-state index in [-0.39, 0.29) is 11.5 Å². The van der Waals surface area contributed by atoms with Crippen molar-refractivity contribution < 1.29 is 4.42 Å². The normalized spacial score (nSPS) is 16.7. The predicted molar refractivity (Wildman–Crippen MR) is 105 cm³/mol. The van der Waals surface area contributed by atoms with Crippen molar-refractivity contribution in [2.75, 3.05) is 24.5 Å². The van der Waals surface area contributed by atoms with Crippen molar-refractivity contribution in [3.63, 3.8) is 0 Å². The average molecular weight is 368 g/mol. The highest BCUT2D eigenvalue weighted by atomic mass is 16.3. The number of aryl methyl sites for hydroxylation is 1. The number of nitrogens with zero attached hydrogens (tertiary/aromatic N) is 5.